The van der Waals surface area contributed by atoms with Crippen LogP contribution in [0.15, 0.2) is 18.2 Å². The molecule has 148 valence electrons. The lowest BCUT2D eigenvalue weighted by atomic mass is 9.91. The van der Waals surface area contributed by atoms with Crippen LogP contribution in [0.25, 0.3) is 0 Å². The third-order valence-electron chi connectivity index (χ3n) is 5.29. The number of cyclic esters (lactones) is 1. The lowest BCUT2D eigenvalue weighted by Gasteiger charge is -2.44. The number of ether oxygens (including phenoxy) is 2. The molecule has 0 unspecified atom stereocenters. The van der Waals surface area contributed by atoms with E-state index in [2.05, 4.69) is 19.2 Å². The van der Waals surface area contributed by atoms with Gasteiger partial charge < -0.3 is 24.6 Å². The average Bonchev–Trinajstić information content (AvgIpc) is 2.65. The van der Waals surface area contributed by atoms with Gasteiger partial charge in [0.1, 0.15) is 5.75 Å². The second-order valence-corrected chi connectivity index (χ2v) is 8.18. The number of likely N-dealkylation sites (tertiary alicyclic amines) is 1. The van der Waals surface area contributed by atoms with Crippen LogP contribution in [0, 0.1) is 12.3 Å². The van der Waals surface area contributed by atoms with Gasteiger partial charge in [0, 0.05) is 36.8 Å². The number of nitrogens with one attached hydrogen (secondary N) is 1. The number of piperidine rings is 1. The minimum Gasteiger partial charge on any atom is -0.497 e. The molecular weight excluding hydrogens is 346 g/mol. The van der Waals surface area contributed by atoms with E-state index in [-0.39, 0.29) is 23.6 Å². The quantitative estimate of drug-likeness (QED) is 0.878. The largest absolute Gasteiger partial charge is 0.497 e. The van der Waals surface area contributed by atoms with Crippen molar-refractivity contribution in [3.05, 3.63) is 23.8 Å². The van der Waals surface area contributed by atoms with Crippen LogP contribution in [0.4, 0.5) is 15.3 Å². The fourth-order valence-corrected chi connectivity index (χ4v) is 3.67. The average molecular weight is 375 g/mol. The maximum atomic E-state index is 12.6. The molecule has 3 rings (SSSR count). The van der Waals surface area contributed by atoms with Gasteiger partial charge in [-0.1, -0.05) is 13.8 Å². The predicted molar refractivity (Wildman–Crippen MR) is 103 cm³/mol. The summed E-state index contributed by atoms with van der Waals surface area (Å²) < 4.78 is 10.5. The van der Waals surface area contributed by atoms with Gasteiger partial charge in [0.25, 0.3) is 0 Å². The van der Waals surface area contributed by atoms with E-state index in [0.717, 1.165) is 29.8 Å². The Balaban J connectivity index is 1.56. The number of carbonyl (C=O) groups is 2. The number of urea groups is 1. The summed E-state index contributed by atoms with van der Waals surface area (Å²) in [6, 6.07) is 5.60. The highest BCUT2D eigenvalue weighted by atomic mass is 16.6. The standard InChI is InChI=1S/C20H29N3O4/c1-14-11-16(26-4)5-6-17(14)21-18(24)22-9-7-15(8-10-22)23-12-20(2,3)13-27-19(23)25/h5-6,11,15H,7-10,12-13H2,1-4H3,(H,21,24). The summed E-state index contributed by atoms with van der Waals surface area (Å²) in [5.74, 6) is 0.766. The van der Waals surface area contributed by atoms with Crippen molar-refractivity contribution in [3.8, 4) is 5.75 Å². The van der Waals surface area contributed by atoms with Crippen molar-refractivity contribution in [3.63, 3.8) is 0 Å². The molecular formula is C20H29N3O4. The topological polar surface area (TPSA) is 71.1 Å². The smallest absolute Gasteiger partial charge is 0.410 e. The second-order valence-electron chi connectivity index (χ2n) is 8.18. The maximum absolute atomic E-state index is 12.6. The van der Waals surface area contributed by atoms with E-state index >= 15 is 0 Å². The third kappa shape index (κ3) is 4.46. The zero-order valence-electron chi connectivity index (χ0n) is 16.6. The van der Waals surface area contributed by atoms with Crippen LogP contribution < -0.4 is 10.1 Å². The van der Waals surface area contributed by atoms with E-state index in [9.17, 15) is 9.59 Å². The summed E-state index contributed by atoms with van der Waals surface area (Å²) in [7, 11) is 1.62. The number of hydrogen-bond acceptors (Lipinski definition) is 4. The predicted octanol–water partition coefficient (Wildman–Crippen LogP) is 3.48. The summed E-state index contributed by atoms with van der Waals surface area (Å²) >= 11 is 0. The Labute approximate surface area is 160 Å². The van der Waals surface area contributed by atoms with Gasteiger partial charge in [0.05, 0.1) is 13.7 Å². The number of amides is 3. The van der Waals surface area contributed by atoms with Gasteiger partial charge in [-0.2, -0.15) is 0 Å². The van der Waals surface area contributed by atoms with Gasteiger partial charge in [0.2, 0.25) is 0 Å². The number of aryl methyl sites for hydroxylation is 1. The van der Waals surface area contributed by atoms with Crippen LogP contribution in [0.1, 0.15) is 32.3 Å². The van der Waals surface area contributed by atoms with E-state index < -0.39 is 0 Å². The van der Waals surface area contributed by atoms with Crippen molar-refractivity contribution in [2.45, 2.75) is 39.7 Å². The molecule has 1 aromatic rings. The van der Waals surface area contributed by atoms with Crippen molar-refractivity contribution >= 4 is 17.8 Å². The molecule has 0 atom stereocenters. The Morgan fingerprint density at radius 1 is 1.30 bits per heavy atom. The van der Waals surface area contributed by atoms with Crippen molar-refractivity contribution in [1.82, 2.24) is 9.80 Å². The van der Waals surface area contributed by atoms with Gasteiger partial charge in [-0.25, -0.2) is 9.59 Å². The monoisotopic (exact) mass is 375 g/mol. The van der Waals surface area contributed by atoms with E-state index in [4.69, 9.17) is 9.47 Å². The van der Waals surface area contributed by atoms with E-state index in [0.29, 0.717) is 26.2 Å². The molecule has 0 aliphatic carbocycles. The highest BCUT2D eigenvalue weighted by molar-refractivity contribution is 5.90. The normalized spacial score (nSPS) is 20.2. The molecule has 1 N–H and O–H groups in total. The second kappa shape index (κ2) is 7.66. The molecule has 0 saturated carbocycles. The van der Waals surface area contributed by atoms with Crippen LogP contribution in [0.3, 0.4) is 0 Å². The Hall–Kier alpha value is -2.44. The Morgan fingerprint density at radius 2 is 2.00 bits per heavy atom. The lowest BCUT2D eigenvalue weighted by molar-refractivity contribution is -0.0141. The molecule has 2 fully saturated rings. The van der Waals surface area contributed by atoms with Crippen molar-refractivity contribution in [2.75, 3.05) is 38.7 Å². The van der Waals surface area contributed by atoms with Gasteiger partial charge in [0.15, 0.2) is 0 Å². The number of rotatable bonds is 3. The number of anilines is 1. The minimum absolute atomic E-state index is 0.0334. The molecule has 1 aromatic carbocycles. The molecule has 2 heterocycles. The zero-order chi connectivity index (χ0) is 19.6. The first-order valence-corrected chi connectivity index (χ1v) is 9.43. The molecule has 2 saturated heterocycles. The van der Waals surface area contributed by atoms with Gasteiger partial charge >= 0.3 is 12.1 Å². The summed E-state index contributed by atoms with van der Waals surface area (Å²) in [4.78, 5) is 28.4. The first-order valence-electron chi connectivity index (χ1n) is 9.43. The Kier molecular flexibility index (Phi) is 5.48. The maximum Gasteiger partial charge on any atom is 0.410 e. The molecule has 2 aliphatic rings. The molecule has 27 heavy (non-hydrogen) atoms. The number of hydrogen-bond donors (Lipinski definition) is 1. The summed E-state index contributed by atoms with van der Waals surface area (Å²) in [5.41, 5.74) is 1.70. The molecule has 0 bridgehead atoms. The van der Waals surface area contributed by atoms with E-state index in [1.165, 1.54) is 0 Å². The number of nitrogens with zero attached hydrogens (tertiary/aromatic N) is 2. The summed E-state index contributed by atoms with van der Waals surface area (Å²) in [5, 5.41) is 2.97. The molecule has 7 heteroatoms. The van der Waals surface area contributed by atoms with E-state index in [1.807, 2.05) is 30.0 Å². The molecule has 7 nitrogen and oxygen atoms in total. The van der Waals surface area contributed by atoms with Crippen LogP contribution in [0.2, 0.25) is 0 Å². The van der Waals surface area contributed by atoms with E-state index in [1.54, 1.807) is 12.0 Å². The van der Waals surface area contributed by atoms with Crippen molar-refractivity contribution < 1.29 is 19.1 Å². The van der Waals surface area contributed by atoms with Crippen LogP contribution >= 0.6 is 0 Å². The molecule has 3 amide bonds. The first-order chi connectivity index (χ1) is 12.8. The van der Waals surface area contributed by atoms with Gasteiger partial charge in [-0.05, 0) is 43.5 Å². The molecule has 0 spiro atoms. The Bertz CT molecular complexity index is 711. The van der Waals surface area contributed by atoms with Gasteiger partial charge in [-0.15, -0.1) is 0 Å². The van der Waals surface area contributed by atoms with Crippen LogP contribution in [0.5, 0.6) is 5.75 Å². The molecule has 2 aliphatic heterocycles. The first kappa shape index (κ1) is 19.3. The highest BCUT2D eigenvalue weighted by Gasteiger charge is 2.38. The summed E-state index contributed by atoms with van der Waals surface area (Å²) in [6.45, 7) is 8.55. The minimum atomic E-state index is -0.230. The van der Waals surface area contributed by atoms with Crippen LogP contribution in [-0.2, 0) is 4.74 Å². The summed E-state index contributed by atoms with van der Waals surface area (Å²) in [6.07, 6.45) is 1.30. The molecule has 0 radical (unpaired) electrons. The van der Waals surface area contributed by atoms with Crippen LogP contribution in [-0.4, -0.2) is 61.3 Å². The zero-order valence-corrected chi connectivity index (χ0v) is 16.6. The fraction of sp³-hybridized carbons (Fsp3) is 0.600. The third-order valence-corrected chi connectivity index (χ3v) is 5.29. The Morgan fingerprint density at radius 3 is 2.63 bits per heavy atom. The number of carbonyl (C=O) groups excluding carboxylic acids is 2. The number of methoxy groups -OCH3 is 1. The highest BCUT2D eigenvalue weighted by Crippen LogP contribution is 2.28. The SMILES string of the molecule is COc1ccc(NC(=O)N2CCC(N3CC(C)(C)COC3=O)CC2)c(C)c1. The van der Waals surface area contributed by atoms with Crippen molar-refractivity contribution in [1.29, 1.82) is 0 Å². The van der Waals surface area contributed by atoms with Crippen molar-refractivity contribution in [2.24, 2.45) is 5.41 Å². The molecule has 0 aromatic heterocycles. The number of benzene rings is 1. The van der Waals surface area contributed by atoms with Gasteiger partial charge in [-0.3, -0.25) is 0 Å². The fourth-order valence-electron chi connectivity index (χ4n) is 3.67. The lowest BCUT2D eigenvalue weighted by Crippen LogP contribution is -2.55.